The van der Waals surface area contributed by atoms with Gasteiger partial charge in [-0.25, -0.2) is 12.7 Å². The molecule has 3 rings (SSSR count). The maximum atomic E-state index is 12.5. The quantitative estimate of drug-likeness (QED) is 0.750. The fourth-order valence-corrected chi connectivity index (χ4v) is 4.97. The molecule has 1 fully saturated rings. The Morgan fingerprint density at radius 2 is 1.80 bits per heavy atom. The molecule has 0 aromatic heterocycles. The molecule has 1 aromatic rings. The molecule has 2 aliphatic rings. The van der Waals surface area contributed by atoms with Gasteiger partial charge in [0.15, 0.2) is 0 Å². The number of likely N-dealkylation sites (N-methyl/N-ethyl adjacent to an activating group) is 1. The Balaban J connectivity index is 1.58. The van der Waals surface area contributed by atoms with Crippen LogP contribution < -0.4 is 5.32 Å². The van der Waals surface area contributed by atoms with Crippen molar-refractivity contribution in [2.45, 2.75) is 25.3 Å². The van der Waals surface area contributed by atoms with E-state index >= 15 is 0 Å². The number of nitrogens with one attached hydrogen (secondary N) is 1. The van der Waals surface area contributed by atoms with E-state index in [2.05, 4.69) is 5.32 Å². The Labute approximate surface area is 148 Å². The summed E-state index contributed by atoms with van der Waals surface area (Å²) < 4.78 is 26.5. The summed E-state index contributed by atoms with van der Waals surface area (Å²) in [6, 6.07) is 6.86. The Morgan fingerprint density at radius 1 is 1.16 bits per heavy atom. The second-order valence-corrected chi connectivity index (χ2v) is 8.55. The topological polar surface area (TPSA) is 86.8 Å². The molecule has 0 aliphatic carbocycles. The maximum absolute atomic E-state index is 12.5. The van der Waals surface area contributed by atoms with Crippen molar-refractivity contribution in [1.82, 2.24) is 14.5 Å². The summed E-state index contributed by atoms with van der Waals surface area (Å²) in [4.78, 5) is 25.7. The first-order valence-electron chi connectivity index (χ1n) is 8.54. The molecular weight excluding hydrogens is 342 g/mol. The molecule has 0 bridgehead atoms. The number of hydrogen-bond acceptors (Lipinski definition) is 5. The van der Waals surface area contributed by atoms with Crippen LogP contribution in [-0.2, 0) is 10.0 Å². The number of benzene rings is 1. The Bertz CT molecular complexity index is 743. The Kier molecular flexibility index (Phi) is 5.21. The van der Waals surface area contributed by atoms with Gasteiger partial charge in [0.1, 0.15) is 0 Å². The maximum Gasteiger partial charge on any atom is 0.261 e. The first kappa shape index (κ1) is 18.0. The van der Waals surface area contributed by atoms with E-state index in [1.54, 1.807) is 24.3 Å². The zero-order valence-electron chi connectivity index (χ0n) is 14.3. The lowest BCUT2D eigenvalue weighted by molar-refractivity contribution is 0.0654. The van der Waals surface area contributed by atoms with Crippen LogP contribution in [0, 0.1) is 0 Å². The molecule has 8 heteroatoms. The van der Waals surface area contributed by atoms with Gasteiger partial charge in [0, 0.05) is 25.7 Å². The third-order valence-corrected chi connectivity index (χ3v) is 6.77. The highest BCUT2D eigenvalue weighted by atomic mass is 32.2. The number of hydrogen-bond donors (Lipinski definition) is 1. The van der Waals surface area contributed by atoms with Crippen molar-refractivity contribution in [1.29, 1.82) is 0 Å². The normalized spacial score (nSPS) is 21.6. The predicted octanol–water partition coefficient (Wildman–Crippen LogP) is 0.686. The summed E-state index contributed by atoms with van der Waals surface area (Å²) in [6.45, 7) is 1.13. The highest BCUT2D eigenvalue weighted by Crippen LogP contribution is 2.23. The van der Waals surface area contributed by atoms with E-state index in [0.717, 1.165) is 17.7 Å². The average Bonchev–Trinajstić information content (AvgIpc) is 2.87. The lowest BCUT2D eigenvalue weighted by atomic mass is 10.1. The molecule has 136 valence electrons. The summed E-state index contributed by atoms with van der Waals surface area (Å²) >= 11 is 0. The van der Waals surface area contributed by atoms with Crippen LogP contribution in [0.15, 0.2) is 24.3 Å². The molecule has 0 radical (unpaired) electrons. The van der Waals surface area contributed by atoms with Gasteiger partial charge in [0.05, 0.1) is 16.9 Å². The van der Waals surface area contributed by atoms with Crippen molar-refractivity contribution in [2.75, 3.05) is 32.4 Å². The van der Waals surface area contributed by atoms with Gasteiger partial charge in [-0.2, -0.15) is 0 Å². The SMILES string of the molecule is CNC1CCCN(S(=O)(=O)CCCN2C(=O)c3ccccc3C2=O)C1. The van der Waals surface area contributed by atoms with E-state index in [4.69, 9.17) is 0 Å². The van der Waals surface area contributed by atoms with Gasteiger partial charge in [-0.05, 0) is 38.4 Å². The molecule has 25 heavy (non-hydrogen) atoms. The standard InChI is InChI=1S/C17H23N3O4S/c1-18-13-6-4-9-19(12-13)25(23,24)11-5-10-20-16(21)14-7-2-3-8-15(14)17(20)22/h2-3,7-8,13,18H,4-6,9-12H2,1H3. The molecule has 0 spiro atoms. The van der Waals surface area contributed by atoms with Gasteiger partial charge in [-0.1, -0.05) is 12.1 Å². The van der Waals surface area contributed by atoms with Crippen LogP contribution in [0.3, 0.4) is 0 Å². The number of piperidine rings is 1. The van der Waals surface area contributed by atoms with E-state index < -0.39 is 10.0 Å². The fourth-order valence-electron chi connectivity index (χ4n) is 3.41. The van der Waals surface area contributed by atoms with Gasteiger partial charge >= 0.3 is 0 Å². The fraction of sp³-hybridized carbons (Fsp3) is 0.529. The lowest BCUT2D eigenvalue weighted by Crippen LogP contribution is -2.47. The van der Waals surface area contributed by atoms with E-state index in [9.17, 15) is 18.0 Å². The molecule has 1 N–H and O–H groups in total. The minimum absolute atomic E-state index is 0.0587. The van der Waals surface area contributed by atoms with Gasteiger partial charge in [0.25, 0.3) is 11.8 Å². The van der Waals surface area contributed by atoms with E-state index in [-0.39, 0.29) is 36.6 Å². The largest absolute Gasteiger partial charge is 0.316 e. The second kappa shape index (κ2) is 7.23. The lowest BCUT2D eigenvalue weighted by Gasteiger charge is -2.31. The number of rotatable bonds is 6. The molecule has 1 aromatic carbocycles. The summed E-state index contributed by atoms with van der Waals surface area (Å²) in [5.74, 6) is -0.742. The summed E-state index contributed by atoms with van der Waals surface area (Å²) in [5.41, 5.74) is 0.784. The first-order valence-corrected chi connectivity index (χ1v) is 10.2. The second-order valence-electron chi connectivity index (χ2n) is 6.46. The van der Waals surface area contributed by atoms with Gasteiger partial charge in [-0.3, -0.25) is 14.5 Å². The van der Waals surface area contributed by atoms with Gasteiger partial charge in [-0.15, -0.1) is 0 Å². The van der Waals surface area contributed by atoms with Crippen LogP contribution in [0.25, 0.3) is 0 Å². The number of carbonyl (C=O) groups excluding carboxylic acids is 2. The third-order valence-electron chi connectivity index (χ3n) is 4.85. The summed E-state index contributed by atoms with van der Waals surface area (Å²) in [6.07, 6.45) is 2.05. The number of imide groups is 1. The molecular formula is C17H23N3O4S. The van der Waals surface area contributed by atoms with E-state index in [1.165, 1.54) is 4.31 Å². The highest BCUT2D eigenvalue weighted by Gasteiger charge is 2.35. The smallest absolute Gasteiger partial charge is 0.261 e. The van der Waals surface area contributed by atoms with Crippen molar-refractivity contribution >= 4 is 21.8 Å². The van der Waals surface area contributed by atoms with Crippen molar-refractivity contribution in [2.24, 2.45) is 0 Å². The number of fused-ring (bicyclic) bond motifs is 1. The van der Waals surface area contributed by atoms with Crippen LogP contribution in [0.2, 0.25) is 0 Å². The minimum Gasteiger partial charge on any atom is -0.316 e. The molecule has 2 amide bonds. The van der Waals surface area contributed by atoms with Crippen molar-refractivity contribution in [3.8, 4) is 0 Å². The van der Waals surface area contributed by atoms with Crippen LogP contribution in [-0.4, -0.2) is 67.9 Å². The number of sulfonamides is 1. The minimum atomic E-state index is -3.38. The number of amides is 2. The van der Waals surface area contributed by atoms with Crippen LogP contribution >= 0.6 is 0 Å². The molecule has 1 saturated heterocycles. The number of carbonyl (C=O) groups is 2. The van der Waals surface area contributed by atoms with Crippen LogP contribution in [0.4, 0.5) is 0 Å². The zero-order valence-corrected chi connectivity index (χ0v) is 15.1. The predicted molar refractivity (Wildman–Crippen MR) is 93.9 cm³/mol. The van der Waals surface area contributed by atoms with Gasteiger partial charge in [0.2, 0.25) is 10.0 Å². The Morgan fingerprint density at radius 3 is 2.40 bits per heavy atom. The monoisotopic (exact) mass is 365 g/mol. The highest BCUT2D eigenvalue weighted by molar-refractivity contribution is 7.89. The molecule has 7 nitrogen and oxygen atoms in total. The first-order chi connectivity index (χ1) is 11.9. The molecule has 1 unspecified atom stereocenters. The molecule has 2 aliphatic heterocycles. The zero-order chi connectivity index (χ0) is 18.0. The van der Waals surface area contributed by atoms with E-state index in [0.29, 0.717) is 24.2 Å². The van der Waals surface area contributed by atoms with Gasteiger partial charge < -0.3 is 5.32 Å². The third kappa shape index (κ3) is 3.61. The van der Waals surface area contributed by atoms with Crippen molar-refractivity contribution in [3.63, 3.8) is 0 Å². The Hall–Kier alpha value is -1.77. The molecule has 2 heterocycles. The van der Waals surface area contributed by atoms with Crippen molar-refractivity contribution in [3.05, 3.63) is 35.4 Å². The van der Waals surface area contributed by atoms with Crippen molar-refractivity contribution < 1.29 is 18.0 Å². The molecule has 0 saturated carbocycles. The summed E-state index contributed by atoms with van der Waals surface area (Å²) in [7, 11) is -1.54. The summed E-state index contributed by atoms with van der Waals surface area (Å²) in [5, 5.41) is 3.12. The van der Waals surface area contributed by atoms with Crippen LogP contribution in [0.1, 0.15) is 40.0 Å². The van der Waals surface area contributed by atoms with E-state index in [1.807, 2.05) is 7.05 Å². The number of nitrogens with zero attached hydrogens (tertiary/aromatic N) is 2. The van der Waals surface area contributed by atoms with Crippen LogP contribution in [0.5, 0.6) is 0 Å². The molecule has 1 atom stereocenters. The average molecular weight is 365 g/mol.